The Labute approximate surface area is 216 Å². The number of ether oxygens (including phenoxy) is 2. The van der Waals surface area contributed by atoms with E-state index in [1.807, 2.05) is 10.3 Å². The number of phosphoric ester groups is 2. The number of carbonyl (C=O) groups excluding carboxylic acids is 2. The normalized spacial score (nSPS) is 34.3. The molecule has 0 bridgehead atoms. The van der Waals surface area contributed by atoms with Crippen LogP contribution in [0.1, 0.15) is 13.2 Å². The van der Waals surface area contributed by atoms with E-state index >= 15 is 0 Å². The molecular weight excluding hydrogens is 580 g/mol. The van der Waals surface area contributed by atoms with Crippen LogP contribution in [-0.2, 0) is 41.6 Å². The summed E-state index contributed by atoms with van der Waals surface area (Å²) in [7, 11) is -11.2. The molecule has 8 N–H and O–H groups in total. The van der Waals surface area contributed by atoms with Crippen molar-refractivity contribution in [1.82, 2.24) is 14.9 Å². The third kappa shape index (κ3) is 7.53. The van der Waals surface area contributed by atoms with Gasteiger partial charge < -0.3 is 45.0 Å². The van der Waals surface area contributed by atoms with E-state index in [1.54, 1.807) is 0 Å². The van der Waals surface area contributed by atoms with Gasteiger partial charge in [0, 0.05) is 19.2 Å². The highest BCUT2D eigenvalue weighted by molar-refractivity contribution is 7.61. The van der Waals surface area contributed by atoms with Crippen LogP contribution in [0.3, 0.4) is 0 Å². The lowest BCUT2D eigenvalue weighted by molar-refractivity contribution is -0.210. The van der Waals surface area contributed by atoms with Crippen molar-refractivity contribution in [3.63, 3.8) is 0 Å². The highest BCUT2D eigenvalue weighted by Crippen LogP contribution is 2.61. The Morgan fingerprint density at radius 2 is 1.77 bits per heavy atom. The van der Waals surface area contributed by atoms with Crippen molar-refractivity contribution in [3.8, 4) is 0 Å². The van der Waals surface area contributed by atoms with Gasteiger partial charge in [-0.05, 0) is 0 Å². The van der Waals surface area contributed by atoms with Gasteiger partial charge in [0.2, 0.25) is 5.91 Å². The molecule has 0 aromatic carbocycles. The summed E-state index contributed by atoms with van der Waals surface area (Å²) in [5, 5.41) is 41.5. The van der Waals surface area contributed by atoms with Gasteiger partial charge >= 0.3 is 21.3 Å². The van der Waals surface area contributed by atoms with E-state index in [9.17, 15) is 58.5 Å². The maximum Gasteiger partial charge on any atom is 0.483 e. The van der Waals surface area contributed by atoms with Crippen molar-refractivity contribution < 1.29 is 71.8 Å². The molecule has 2 aliphatic heterocycles. The van der Waals surface area contributed by atoms with Crippen molar-refractivity contribution >= 4 is 27.3 Å². The molecule has 39 heavy (non-hydrogen) atoms. The number of ketones is 1. The maximum absolute atomic E-state index is 12.4. The number of carbonyl (C=O) groups is 2. The Balaban J connectivity index is 1.66. The number of nitrogens with one attached hydrogen (secondary N) is 2. The van der Waals surface area contributed by atoms with Gasteiger partial charge in [-0.1, -0.05) is 0 Å². The van der Waals surface area contributed by atoms with E-state index in [4.69, 9.17) is 9.47 Å². The Morgan fingerprint density at radius 1 is 1.10 bits per heavy atom. The summed E-state index contributed by atoms with van der Waals surface area (Å²) >= 11 is 0. The van der Waals surface area contributed by atoms with Crippen LogP contribution in [0.4, 0.5) is 0 Å². The molecule has 3 heterocycles. The molecule has 2 saturated heterocycles. The number of hydrogen-bond acceptors (Lipinski definition) is 15. The van der Waals surface area contributed by atoms with Crippen molar-refractivity contribution in [2.75, 3.05) is 13.2 Å². The first-order valence-electron chi connectivity index (χ1n) is 10.8. The van der Waals surface area contributed by atoms with E-state index in [-0.39, 0.29) is 0 Å². The third-order valence-electron chi connectivity index (χ3n) is 5.38. The maximum atomic E-state index is 12.4. The zero-order valence-electron chi connectivity index (χ0n) is 19.7. The van der Waals surface area contributed by atoms with Gasteiger partial charge in [0.15, 0.2) is 18.3 Å². The van der Waals surface area contributed by atoms with Crippen LogP contribution in [0.5, 0.6) is 0 Å². The van der Waals surface area contributed by atoms with Crippen LogP contribution in [0.15, 0.2) is 21.9 Å². The number of phosphoric acid groups is 2. The molecule has 22 heteroatoms. The fraction of sp³-hybridized carbons (Fsp3) is 0.647. The zero-order chi connectivity index (χ0) is 29.3. The summed E-state index contributed by atoms with van der Waals surface area (Å²) in [6, 6.07) is -0.966. The van der Waals surface area contributed by atoms with Crippen molar-refractivity contribution in [1.29, 1.82) is 0 Å². The number of aliphatic hydroxyl groups is 4. The van der Waals surface area contributed by atoms with E-state index in [0.29, 0.717) is 4.57 Å². The van der Waals surface area contributed by atoms with Crippen LogP contribution in [-0.4, -0.2) is 108 Å². The Kier molecular flexibility index (Phi) is 9.77. The lowest BCUT2D eigenvalue weighted by atomic mass is 9.99. The summed E-state index contributed by atoms with van der Waals surface area (Å²) in [5.41, 5.74) is -1.76. The molecule has 1 aromatic heterocycles. The summed E-state index contributed by atoms with van der Waals surface area (Å²) in [6.07, 6.45) is -11.6. The lowest BCUT2D eigenvalue weighted by Gasteiger charge is -2.37. The number of Topliss-reactive ketones (excluding diaryl/α,β-unsaturated/α-hetero) is 1. The fourth-order valence-corrected chi connectivity index (χ4v) is 5.76. The van der Waals surface area contributed by atoms with Crippen LogP contribution in [0.25, 0.3) is 0 Å². The van der Waals surface area contributed by atoms with E-state index in [1.165, 1.54) is 0 Å². The van der Waals surface area contributed by atoms with E-state index in [0.717, 1.165) is 19.2 Å². The summed E-state index contributed by atoms with van der Waals surface area (Å²) in [4.78, 5) is 68.6. The molecule has 2 fully saturated rings. The van der Waals surface area contributed by atoms with Gasteiger partial charge in [0.05, 0.1) is 13.2 Å². The molecule has 1 amide bonds. The number of aromatic amines is 1. The monoisotopic (exact) mass is 605 g/mol. The van der Waals surface area contributed by atoms with Gasteiger partial charge in [-0.3, -0.25) is 33.0 Å². The Bertz CT molecular complexity index is 1280. The van der Waals surface area contributed by atoms with Crippen LogP contribution in [0, 0.1) is 0 Å². The number of hydrogen-bond donors (Lipinski definition) is 8. The van der Waals surface area contributed by atoms with Gasteiger partial charge in [-0.2, -0.15) is 4.31 Å². The van der Waals surface area contributed by atoms with Crippen LogP contribution >= 0.6 is 15.6 Å². The number of aromatic nitrogens is 2. The zero-order valence-corrected chi connectivity index (χ0v) is 21.5. The predicted molar refractivity (Wildman–Crippen MR) is 119 cm³/mol. The average molecular weight is 605 g/mol. The third-order valence-corrected chi connectivity index (χ3v) is 7.98. The van der Waals surface area contributed by atoms with Gasteiger partial charge in [0.1, 0.15) is 36.6 Å². The second-order valence-electron chi connectivity index (χ2n) is 8.23. The average Bonchev–Trinajstić information content (AvgIpc) is 3.10. The quantitative estimate of drug-likeness (QED) is 0.117. The molecule has 0 saturated carbocycles. The fourth-order valence-electron chi connectivity index (χ4n) is 3.61. The number of rotatable bonds is 10. The Hall–Kier alpha value is -2.16. The molecule has 2 unspecified atom stereocenters. The van der Waals surface area contributed by atoms with Gasteiger partial charge in [-0.25, -0.2) is 13.9 Å². The predicted octanol–water partition coefficient (Wildman–Crippen LogP) is -4.44. The van der Waals surface area contributed by atoms with E-state index < -0.39 is 101 Å². The molecule has 3 rings (SSSR count). The highest BCUT2D eigenvalue weighted by atomic mass is 31.3. The molecule has 0 radical (unpaired) electrons. The molecule has 20 nitrogen and oxygen atoms in total. The summed E-state index contributed by atoms with van der Waals surface area (Å²) < 4.78 is 49.0. The van der Waals surface area contributed by atoms with Gasteiger partial charge in [-0.15, -0.1) is 0 Å². The molecule has 220 valence electrons. The van der Waals surface area contributed by atoms with Crippen LogP contribution < -0.4 is 16.6 Å². The van der Waals surface area contributed by atoms with Crippen molar-refractivity contribution in [2.45, 2.75) is 56.0 Å². The molecule has 0 aliphatic carbocycles. The lowest BCUT2D eigenvalue weighted by Crippen LogP contribution is -2.62. The first-order chi connectivity index (χ1) is 18.0. The number of H-pyrrole nitrogens is 1. The largest absolute Gasteiger partial charge is 0.483 e. The van der Waals surface area contributed by atoms with Gasteiger partial charge in [0.25, 0.3) is 5.56 Å². The highest BCUT2D eigenvalue weighted by Gasteiger charge is 2.50. The molecular formula is C17H25N3O17P2. The standard InChI is InChI=1S/C17H25N3O17P2/c1-6(22)18-10-13(26)11(24)7(4-21)35-16(10)36-39(31,32)37-38(29,30)33-5-8-12(25)14(27)15(34-8)20-3-2-9(23)19-17(20)28/h2-3,7-8,10-12,14-16,21,24-25,27H,4-5H2,1H3,(H,18,22)(H,29,30)(H,31,32)(H,19,23,28)/t7-,8-,10-,11-,12-,14-,15-,16-/m1/s1. The second-order valence-corrected chi connectivity index (χ2v) is 11.2. The van der Waals surface area contributed by atoms with Crippen molar-refractivity contribution in [3.05, 3.63) is 33.1 Å². The summed E-state index contributed by atoms with van der Waals surface area (Å²) in [5.74, 6) is -2.03. The van der Waals surface area contributed by atoms with E-state index in [2.05, 4.69) is 13.4 Å². The topological polar surface area (TPSA) is 303 Å². The molecule has 2 aliphatic rings. The SMILES string of the molecule is CC(=O)N[C@@H]1C(=O)[C@H](O)[C@@H](CO)O[C@@H]1OP(=O)(O)OP(=O)(O)OC[C@H]1O[C@@H](n2ccc(=O)[nH]c2=O)[C@H](O)[C@@H]1O. The smallest absolute Gasteiger partial charge is 0.394 e. The Morgan fingerprint density at radius 3 is 2.36 bits per heavy atom. The van der Waals surface area contributed by atoms with Crippen molar-refractivity contribution in [2.24, 2.45) is 0 Å². The first-order valence-corrected chi connectivity index (χ1v) is 13.8. The minimum Gasteiger partial charge on any atom is -0.394 e. The number of amides is 1. The minimum absolute atomic E-state index is 0.716. The molecule has 10 atom stereocenters. The number of aliphatic hydroxyl groups excluding tert-OH is 4. The number of nitrogens with zero attached hydrogens (tertiary/aromatic N) is 1. The molecule has 0 spiro atoms. The summed E-state index contributed by atoms with van der Waals surface area (Å²) in [6.45, 7) is -1.06. The molecule has 1 aromatic rings. The first kappa shape index (κ1) is 31.4. The second kappa shape index (κ2) is 12.1. The van der Waals surface area contributed by atoms with Crippen LogP contribution in [0.2, 0.25) is 0 Å². The minimum atomic E-state index is -5.67.